The number of halogens is 2. The maximum Gasteiger partial charge on any atom is 0.0918 e. The molecular formula is C27H22Cl2N2. The molecule has 0 N–H and O–H groups in total. The van der Waals surface area contributed by atoms with Crippen LogP contribution in [0.5, 0.6) is 0 Å². The van der Waals surface area contributed by atoms with Gasteiger partial charge in [0.1, 0.15) is 0 Å². The predicted molar refractivity (Wildman–Crippen MR) is 131 cm³/mol. The van der Waals surface area contributed by atoms with Crippen molar-refractivity contribution in [3.63, 3.8) is 0 Å². The maximum absolute atomic E-state index is 6.69. The van der Waals surface area contributed by atoms with Gasteiger partial charge in [-0.15, -0.1) is 0 Å². The van der Waals surface area contributed by atoms with Crippen LogP contribution < -0.4 is 9.80 Å². The van der Waals surface area contributed by atoms with Crippen LogP contribution in [-0.4, -0.2) is 6.67 Å². The summed E-state index contributed by atoms with van der Waals surface area (Å²) in [4.78, 5) is 4.78. The number of para-hydroxylation sites is 2. The van der Waals surface area contributed by atoms with Gasteiger partial charge in [0.25, 0.3) is 0 Å². The molecule has 31 heavy (non-hydrogen) atoms. The number of hydrogen-bond donors (Lipinski definition) is 0. The summed E-state index contributed by atoms with van der Waals surface area (Å²) in [5.74, 6) is 0. The highest BCUT2D eigenvalue weighted by Crippen LogP contribution is 2.50. The van der Waals surface area contributed by atoms with E-state index in [-0.39, 0.29) is 12.1 Å². The SMILES string of the molecule is Clc1ccccc1N1CN(c2ccccc2Cl)C(c2ccccc2)C1c1ccccc1. The van der Waals surface area contributed by atoms with E-state index in [4.69, 9.17) is 23.2 Å². The van der Waals surface area contributed by atoms with Crippen molar-refractivity contribution in [3.05, 3.63) is 130 Å². The number of benzene rings is 4. The van der Waals surface area contributed by atoms with E-state index in [2.05, 4.69) is 82.6 Å². The summed E-state index contributed by atoms with van der Waals surface area (Å²) in [5.41, 5.74) is 4.53. The lowest BCUT2D eigenvalue weighted by molar-refractivity contribution is 0.618. The van der Waals surface area contributed by atoms with Crippen molar-refractivity contribution in [2.75, 3.05) is 16.5 Å². The molecule has 1 aliphatic rings. The van der Waals surface area contributed by atoms with Crippen molar-refractivity contribution in [2.24, 2.45) is 0 Å². The number of nitrogens with zero attached hydrogens (tertiary/aromatic N) is 2. The molecule has 0 radical (unpaired) electrons. The molecule has 1 saturated heterocycles. The van der Waals surface area contributed by atoms with Gasteiger partial charge in [0.05, 0.1) is 40.2 Å². The lowest BCUT2D eigenvalue weighted by Gasteiger charge is -2.31. The van der Waals surface area contributed by atoms with Gasteiger partial charge >= 0.3 is 0 Å². The Hall–Kier alpha value is -2.94. The van der Waals surface area contributed by atoms with Crippen molar-refractivity contribution in [2.45, 2.75) is 12.1 Å². The average Bonchev–Trinajstić information content (AvgIpc) is 3.21. The first-order chi connectivity index (χ1) is 15.2. The summed E-state index contributed by atoms with van der Waals surface area (Å²) in [6.45, 7) is 0.673. The van der Waals surface area contributed by atoms with Gasteiger partial charge in [0.2, 0.25) is 0 Å². The van der Waals surface area contributed by atoms with E-state index >= 15 is 0 Å². The zero-order chi connectivity index (χ0) is 21.2. The molecule has 154 valence electrons. The van der Waals surface area contributed by atoms with Crippen molar-refractivity contribution in [1.82, 2.24) is 0 Å². The fourth-order valence-electron chi connectivity index (χ4n) is 4.53. The van der Waals surface area contributed by atoms with Gasteiger partial charge in [-0.2, -0.15) is 0 Å². The highest BCUT2D eigenvalue weighted by atomic mass is 35.5. The Bertz CT molecular complexity index is 1070. The lowest BCUT2D eigenvalue weighted by Crippen LogP contribution is -2.26. The predicted octanol–water partition coefficient (Wildman–Crippen LogP) is 7.76. The van der Waals surface area contributed by atoms with Gasteiger partial charge < -0.3 is 9.80 Å². The normalized spacial score (nSPS) is 18.4. The maximum atomic E-state index is 6.69. The fraction of sp³-hybridized carbons (Fsp3) is 0.111. The van der Waals surface area contributed by atoms with Crippen LogP contribution in [0.25, 0.3) is 0 Å². The second-order valence-electron chi connectivity index (χ2n) is 7.69. The fourth-order valence-corrected chi connectivity index (χ4v) is 5.02. The topological polar surface area (TPSA) is 6.48 Å². The van der Waals surface area contributed by atoms with Gasteiger partial charge in [-0.3, -0.25) is 0 Å². The largest absolute Gasteiger partial charge is 0.343 e. The molecule has 2 nitrogen and oxygen atoms in total. The Morgan fingerprint density at radius 2 is 0.839 bits per heavy atom. The number of anilines is 2. The van der Waals surface area contributed by atoms with E-state index in [0.29, 0.717) is 6.67 Å². The standard InChI is InChI=1S/C27H22Cl2N2/c28-22-15-7-9-17-24(22)30-19-31(25-18-10-8-16-23(25)29)27(21-13-5-2-6-14-21)26(30)20-11-3-1-4-12-20/h1-18,26-27H,19H2. The smallest absolute Gasteiger partial charge is 0.0918 e. The molecule has 1 heterocycles. The van der Waals surface area contributed by atoms with Gasteiger partial charge in [-0.1, -0.05) is 108 Å². The molecule has 0 spiro atoms. The lowest BCUT2D eigenvalue weighted by atomic mass is 9.92. The minimum Gasteiger partial charge on any atom is -0.343 e. The molecule has 0 amide bonds. The van der Waals surface area contributed by atoms with Crippen LogP contribution in [0.4, 0.5) is 11.4 Å². The van der Waals surface area contributed by atoms with Crippen LogP contribution in [0.3, 0.4) is 0 Å². The molecule has 0 saturated carbocycles. The minimum absolute atomic E-state index is 0.0692. The third-order valence-electron chi connectivity index (χ3n) is 5.88. The Morgan fingerprint density at radius 3 is 1.23 bits per heavy atom. The first-order valence-corrected chi connectivity index (χ1v) is 11.1. The van der Waals surface area contributed by atoms with E-state index in [1.807, 2.05) is 36.4 Å². The van der Waals surface area contributed by atoms with Crippen LogP contribution in [0, 0.1) is 0 Å². The van der Waals surface area contributed by atoms with Crippen LogP contribution in [0.15, 0.2) is 109 Å². The van der Waals surface area contributed by atoms with Gasteiger partial charge in [-0.25, -0.2) is 0 Å². The van der Waals surface area contributed by atoms with E-state index in [1.54, 1.807) is 0 Å². The van der Waals surface area contributed by atoms with Crippen LogP contribution in [0.2, 0.25) is 10.0 Å². The van der Waals surface area contributed by atoms with Gasteiger partial charge in [0, 0.05) is 0 Å². The average molecular weight is 445 g/mol. The van der Waals surface area contributed by atoms with Gasteiger partial charge in [0.15, 0.2) is 0 Å². The molecule has 1 aliphatic heterocycles. The van der Waals surface area contributed by atoms with Crippen molar-refractivity contribution >= 4 is 34.6 Å². The third kappa shape index (κ3) is 3.78. The summed E-state index contributed by atoms with van der Waals surface area (Å²) in [5, 5.41) is 1.49. The molecular weight excluding hydrogens is 423 g/mol. The molecule has 0 aliphatic carbocycles. The van der Waals surface area contributed by atoms with Gasteiger partial charge in [-0.05, 0) is 35.4 Å². The molecule has 2 atom stereocenters. The Kier molecular flexibility index (Phi) is 5.59. The van der Waals surface area contributed by atoms with E-state index in [9.17, 15) is 0 Å². The highest BCUT2D eigenvalue weighted by molar-refractivity contribution is 6.33. The van der Waals surface area contributed by atoms with Crippen LogP contribution >= 0.6 is 23.2 Å². The van der Waals surface area contributed by atoms with Crippen LogP contribution in [-0.2, 0) is 0 Å². The summed E-state index contributed by atoms with van der Waals surface area (Å²) in [6.07, 6.45) is 0. The monoisotopic (exact) mass is 444 g/mol. The van der Waals surface area contributed by atoms with Crippen LogP contribution in [0.1, 0.15) is 23.2 Å². The van der Waals surface area contributed by atoms with E-state index in [1.165, 1.54) is 11.1 Å². The summed E-state index contributed by atoms with van der Waals surface area (Å²) in [6, 6.07) is 37.5. The first-order valence-electron chi connectivity index (χ1n) is 10.4. The highest BCUT2D eigenvalue weighted by Gasteiger charge is 2.43. The number of hydrogen-bond acceptors (Lipinski definition) is 2. The Labute approximate surface area is 193 Å². The zero-order valence-corrected chi connectivity index (χ0v) is 18.4. The molecule has 5 rings (SSSR count). The van der Waals surface area contributed by atoms with E-state index in [0.717, 1.165) is 21.4 Å². The number of rotatable bonds is 4. The van der Waals surface area contributed by atoms with Crippen molar-refractivity contribution in [3.8, 4) is 0 Å². The molecule has 4 aromatic carbocycles. The summed E-state index contributed by atoms with van der Waals surface area (Å²) >= 11 is 13.4. The second-order valence-corrected chi connectivity index (χ2v) is 8.51. The minimum atomic E-state index is 0.0692. The Morgan fingerprint density at radius 1 is 0.484 bits per heavy atom. The molecule has 4 heteroatoms. The molecule has 2 unspecified atom stereocenters. The Balaban J connectivity index is 1.73. The molecule has 0 aromatic heterocycles. The molecule has 0 bridgehead atoms. The van der Waals surface area contributed by atoms with Crippen molar-refractivity contribution in [1.29, 1.82) is 0 Å². The quantitative estimate of drug-likeness (QED) is 0.317. The third-order valence-corrected chi connectivity index (χ3v) is 6.52. The summed E-state index contributed by atoms with van der Waals surface area (Å²) < 4.78 is 0. The second kappa shape index (κ2) is 8.66. The summed E-state index contributed by atoms with van der Waals surface area (Å²) in [7, 11) is 0. The van der Waals surface area contributed by atoms with E-state index < -0.39 is 0 Å². The zero-order valence-electron chi connectivity index (χ0n) is 16.9. The molecule has 4 aromatic rings. The molecule has 1 fully saturated rings. The van der Waals surface area contributed by atoms with Crippen molar-refractivity contribution < 1.29 is 0 Å². The first kappa shape index (κ1) is 20.0.